The summed E-state index contributed by atoms with van der Waals surface area (Å²) in [4.78, 5) is 22.5. The zero-order valence-electron chi connectivity index (χ0n) is 12.0. The van der Waals surface area contributed by atoms with Gasteiger partial charge in [0.05, 0.1) is 11.4 Å². The smallest absolute Gasteiger partial charge is 0.341 e. The second-order valence-corrected chi connectivity index (χ2v) is 6.65. The van der Waals surface area contributed by atoms with Crippen molar-refractivity contribution in [3.63, 3.8) is 0 Å². The van der Waals surface area contributed by atoms with Crippen LogP contribution in [0.25, 0.3) is 0 Å². The first-order chi connectivity index (χ1) is 10.1. The van der Waals surface area contributed by atoms with E-state index in [0.29, 0.717) is 0 Å². The first-order valence-electron chi connectivity index (χ1n) is 6.34. The number of amides is 2. The highest BCUT2D eigenvalue weighted by atomic mass is 32.2. The molecule has 0 atom stereocenters. The van der Waals surface area contributed by atoms with Crippen LogP contribution in [0.5, 0.6) is 0 Å². The highest BCUT2D eigenvalue weighted by Crippen LogP contribution is 2.18. The van der Waals surface area contributed by atoms with E-state index in [1.807, 2.05) is 0 Å². The minimum atomic E-state index is -4.69. The molecular weight excluding hydrogens is 318 g/mol. The summed E-state index contributed by atoms with van der Waals surface area (Å²) in [6.07, 6.45) is 0. The molecule has 6 nitrogen and oxygen atoms in total. The molecule has 22 heavy (non-hydrogen) atoms. The van der Waals surface area contributed by atoms with E-state index in [1.165, 1.54) is 0 Å². The number of carbonyl (C=O) groups is 2. The Labute approximate surface area is 126 Å². The summed E-state index contributed by atoms with van der Waals surface area (Å²) < 4.78 is 47.2. The summed E-state index contributed by atoms with van der Waals surface area (Å²) in [5, 5.41) is 4.91. The second-order valence-electron chi connectivity index (χ2n) is 4.73. The van der Waals surface area contributed by atoms with E-state index in [4.69, 9.17) is 0 Å². The van der Waals surface area contributed by atoms with Gasteiger partial charge < -0.3 is 10.6 Å². The number of sulfone groups is 1. The molecule has 0 saturated carbocycles. The largest absolute Gasteiger partial charge is 0.352 e. The topological polar surface area (TPSA) is 92.3 Å². The third kappa shape index (κ3) is 4.76. The lowest BCUT2D eigenvalue weighted by atomic mass is 10.2. The molecule has 0 radical (unpaired) electrons. The SMILES string of the molecule is CC(C)NC(=O)CNC(=O)c1ccc(S(=O)(=O)C(F)F)cc1. The highest BCUT2D eigenvalue weighted by molar-refractivity contribution is 7.91. The summed E-state index contributed by atoms with van der Waals surface area (Å²) >= 11 is 0. The molecule has 9 heteroatoms. The minimum Gasteiger partial charge on any atom is -0.352 e. The van der Waals surface area contributed by atoms with Crippen LogP contribution in [0.4, 0.5) is 8.78 Å². The molecule has 0 bridgehead atoms. The van der Waals surface area contributed by atoms with Crippen LogP contribution in [0.15, 0.2) is 29.2 Å². The highest BCUT2D eigenvalue weighted by Gasteiger charge is 2.26. The van der Waals surface area contributed by atoms with Crippen molar-refractivity contribution < 1.29 is 26.8 Å². The van der Waals surface area contributed by atoms with Crippen LogP contribution in [0.2, 0.25) is 0 Å². The van der Waals surface area contributed by atoms with Crippen molar-refractivity contribution in [3.8, 4) is 0 Å². The van der Waals surface area contributed by atoms with Gasteiger partial charge in [-0.3, -0.25) is 9.59 Å². The van der Waals surface area contributed by atoms with Crippen LogP contribution in [-0.2, 0) is 14.6 Å². The molecule has 0 aliphatic heterocycles. The van der Waals surface area contributed by atoms with Crippen LogP contribution in [0, 0.1) is 0 Å². The maximum atomic E-state index is 12.4. The third-order valence-corrected chi connectivity index (χ3v) is 3.94. The molecule has 122 valence electrons. The van der Waals surface area contributed by atoms with Crippen molar-refractivity contribution in [2.45, 2.75) is 30.5 Å². The van der Waals surface area contributed by atoms with Gasteiger partial charge in [0.15, 0.2) is 0 Å². The van der Waals surface area contributed by atoms with E-state index in [2.05, 4.69) is 10.6 Å². The summed E-state index contributed by atoms with van der Waals surface area (Å²) in [7, 11) is -4.69. The minimum absolute atomic E-state index is 0.0607. The first-order valence-corrected chi connectivity index (χ1v) is 7.89. The Morgan fingerprint density at radius 3 is 2.14 bits per heavy atom. The van der Waals surface area contributed by atoms with Gasteiger partial charge in [0.25, 0.3) is 5.91 Å². The van der Waals surface area contributed by atoms with E-state index in [1.54, 1.807) is 13.8 Å². The lowest BCUT2D eigenvalue weighted by Crippen LogP contribution is -2.39. The molecule has 2 N–H and O–H groups in total. The lowest BCUT2D eigenvalue weighted by Gasteiger charge is -2.09. The van der Waals surface area contributed by atoms with Crippen molar-refractivity contribution in [1.29, 1.82) is 0 Å². The Morgan fingerprint density at radius 1 is 1.14 bits per heavy atom. The number of nitrogens with one attached hydrogen (secondary N) is 2. The van der Waals surface area contributed by atoms with Crippen LogP contribution >= 0.6 is 0 Å². The summed E-state index contributed by atoms with van der Waals surface area (Å²) in [5.41, 5.74) is 0.0607. The predicted molar refractivity (Wildman–Crippen MR) is 75.2 cm³/mol. The predicted octanol–water partition coefficient (Wildman–Crippen LogP) is 0.937. The van der Waals surface area contributed by atoms with Crippen molar-refractivity contribution in [2.24, 2.45) is 0 Å². The van der Waals surface area contributed by atoms with Crippen molar-refractivity contribution in [1.82, 2.24) is 10.6 Å². The van der Waals surface area contributed by atoms with E-state index in [9.17, 15) is 26.8 Å². The molecule has 0 spiro atoms. The van der Waals surface area contributed by atoms with Gasteiger partial charge in [-0.15, -0.1) is 0 Å². The number of benzene rings is 1. The molecule has 0 fully saturated rings. The maximum Gasteiger partial charge on any atom is 0.341 e. The van der Waals surface area contributed by atoms with E-state index >= 15 is 0 Å². The van der Waals surface area contributed by atoms with Gasteiger partial charge in [-0.05, 0) is 38.1 Å². The van der Waals surface area contributed by atoms with Crippen LogP contribution in [-0.4, -0.2) is 38.6 Å². The summed E-state index contributed by atoms with van der Waals surface area (Å²) in [6, 6.07) is 3.98. The fraction of sp³-hybridized carbons (Fsp3) is 0.385. The summed E-state index contributed by atoms with van der Waals surface area (Å²) in [5.74, 6) is -4.51. The quantitative estimate of drug-likeness (QED) is 0.810. The molecule has 2 amide bonds. The summed E-state index contributed by atoms with van der Waals surface area (Å²) in [6.45, 7) is 3.29. The first kappa shape index (κ1) is 18.0. The average Bonchev–Trinajstić information content (AvgIpc) is 2.44. The monoisotopic (exact) mass is 334 g/mol. The number of rotatable bonds is 6. The van der Waals surface area contributed by atoms with Crippen LogP contribution < -0.4 is 10.6 Å². The van der Waals surface area contributed by atoms with Gasteiger partial charge in [0.1, 0.15) is 0 Å². The second kappa shape index (κ2) is 7.30. The number of halogens is 2. The Bertz CT molecular complexity index is 643. The third-order valence-electron chi connectivity index (χ3n) is 2.54. The normalized spacial score (nSPS) is 11.5. The molecule has 0 saturated heterocycles. The standard InChI is InChI=1S/C13H16F2N2O4S/c1-8(2)17-11(18)7-16-12(19)9-3-5-10(6-4-9)22(20,21)13(14)15/h3-6,8,13H,7H2,1-2H3,(H,16,19)(H,17,18). The van der Waals surface area contributed by atoms with Gasteiger partial charge >= 0.3 is 5.76 Å². The number of hydrogen-bond donors (Lipinski definition) is 2. The fourth-order valence-corrected chi connectivity index (χ4v) is 2.26. The Hall–Kier alpha value is -2.03. The molecule has 0 aliphatic rings. The molecule has 0 unspecified atom stereocenters. The fourth-order valence-electron chi connectivity index (χ4n) is 1.53. The Balaban J connectivity index is 2.71. The van der Waals surface area contributed by atoms with Gasteiger partial charge in [0, 0.05) is 11.6 Å². The zero-order valence-corrected chi connectivity index (χ0v) is 12.8. The van der Waals surface area contributed by atoms with Gasteiger partial charge in [0.2, 0.25) is 15.7 Å². The molecule has 1 rings (SSSR count). The Morgan fingerprint density at radius 2 is 1.68 bits per heavy atom. The number of hydrogen-bond acceptors (Lipinski definition) is 4. The molecule has 0 heterocycles. The molecular formula is C13H16F2N2O4S. The number of alkyl halides is 2. The van der Waals surface area contributed by atoms with Gasteiger partial charge in [-0.2, -0.15) is 8.78 Å². The van der Waals surface area contributed by atoms with Crippen molar-refractivity contribution >= 4 is 21.7 Å². The van der Waals surface area contributed by atoms with Gasteiger partial charge in [-0.1, -0.05) is 0 Å². The maximum absolute atomic E-state index is 12.4. The van der Waals surface area contributed by atoms with E-state index in [0.717, 1.165) is 24.3 Å². The van der Waals surface area contributed by atoms with Crippen LogP contribution in [0.3, 0.4) is 0 Å². The Kier molecular flexibility index (Phi) is 5.98. The van der Waals surface area contributed by atoms with Crippen molar-refractivity contribution in [3.05, 3.63) is 29.8 Å². The van der Waals surface area contributed by atoms with E-state index in [-0.39, 0.29) is 24.1 Å². The number of carbonyl (C=O) groups excluding carboxylic acids is 2. The van der Waals surface area contributed by atoms with E-state index < -0.39 is 26.4 Å². The van der Waals surface area contributed by atoms with Gasteiger partial charge in [-0.25, -0.2) is 8.42 Å². The molecule has 0 aromatic heterocycles. The average molecular weight is 334 g/mol. The zero-order chi connectivity index (χ0) is 16.9. The lowest BCUT2D eigenvalue weighted by molar-refractivity contribution is -0.120. The van der Waals surface area contributed by atoms with Crippen molar-refractivity contribution in [2.75, 3.05) is 6.54 Å². The molecule has 0 aliphatic carbocycles. The van der Waals surface area contributed by atoms with Crippen LogP contribution in [0.1, 0.15) is 24.2 Å². The molecule has 1 aromatic carbocycles. The molecule has 1 aromatic rings.